The molecule has 0 aliphatic carbocycles. The average molecular weight is 346 g/mol. The Labute approximate surface area is 145 Å². The fraction of sp³-hybridized carbons (Fsp3) is 0.222. The highest BCUT2D eigenvalue weighted by Gasteiger charge is 2.17. The topological polar surface area (TPSA) is 68.5 Å². The molecule has 0 fully saturated rings. The lowest BCUT2D eigenvalue weighted by Gasteiger charge is -2.13. The van der Waals surface area contributed by atoms with Gasteiger partial charge in [0.2, 0.25) is 0 Å². The largest absolute Gasteiger partial charge is 0.493 e. The molecule has 0 radical (unpaired) electrons. The van der Waals surface area contributed by atoms with Crippen LogP contribution in [0.15, 0.2) is 36.4 Å². The van der Waals surface area contributed by atoms with Crippen molar-refractivity contribution in [1.29, 1.82) is 5.26 Å². The van der Waals surface area contributed by atoms with Crippen LogP contribution in [0.3, 0.4) is 0 Å². The molecule has 2 rings (SSSR count). The molecular weight excluding hydrogens is 330 g/mol. The average Bonchev–Trinajstić information content (AvgIpc) is 2.61. The van der Waals surface area contributed by atoms with Crippen molar-refractivity contribution in [2.24, 2.45) is 0 Å². The molecule has 24 heavy (non-hydrogen) atoms. The van der Waals surface area contributed by atoms with Gasteiger partial charge in [0.25, 0.3) is 0 Å². The van der Waals surface area contributed by atoms with E-state index in [-0.39, 0.29) is 17.2 Å². The Bertz CT molecular complexity index is 783. The van der Waals surface area contributed by atoms with Crippen LogP contribution in [-0.2, 0) is 11.3 Å². The Balaban J connectivity index is 2.18. The monoisotopic (exact) mass is 345 g/mol. The molecule has 0 spiro atoms. The number of methoxy groups -OCH3 is 1. The molecule has 0 aromatic heterocycles. The third kappa shape index (κ3) is 3.98. The number of hydrogen-bond donors (Lipinski definition) is 0. The maximum absolute atomic E-state index is 12.2. The SMILES string of the molecule is CCOc1c(Cl)cc(C(=O)OCc2ccccc2C#N)cc1OC. The summed E-state index contributed by atoms with van der Waals surface area (Å²) in [6.07, 6.45) is 0. The Morgan fingerprint density at radius 3 is 2.71 bits per heavy atom. The summed E-state index contributed by atoms with van der Waals surface area (Å²) in [4.78, 5) is 12.2. The van der Waals surface area contributed by atoms with Gasteiger partial charge in [-0.3, -0.25) is 0 Å². The first kappa shape index (κ1) is 17.6. The molecule has 0 aliphatic rings. The zero-order valence-corrected chi connectivity index (χ0v) is 14.1. The number of rotatable bonds is 6. The maximum atomic E-state index is 12.2. The van der Waals surface area contributed by atoms with Crippen molar-refractivity contribution in [3.05, 3.63) is 58.1 Å². The van der Waals surface area contributed by atoms with E-state index in [1.54, 1.807) is 24.3 Å². The maximum Gasteiger partial charge on any atom is 0.338 e. The summed E-state index contributed by atoms with van der Waals surface area (Å²) in [5.41, 5.74) is 1.35. The summed E-state index contributed by atoms with van der Waals surface area (Å²) in [6, 6.07) is 12.0. The van der Waals surface area contributed by atoms with Crippen molar-refractivity contribution >= 4 is 17.6 Å². The summed E-state index contributed by atoms with van der Waals surface area (Å²) in [5.74, 6) is 0.174. The molecule has 0 unspecified atom stereocenters. The number of carbonyl (C=O) groups excluding carboxylic acids is 1. The summed E-state index contributed by atoms with van der Waals surface area (Å²) in [6.45, 7) is 2.24. The van der Waals surface area contributed by atoms with Crippen molar-refractivity contribution in [3.8, 4) is 17.6 Å². The van der Waals surface area contributed by atoms with Crippen LogP contribution in [0.4, 0.5) is 0 Å². The number of esters is 1. The van der Waals surface area contributed by atoms with Gasteiger partial charge in [-0.2, -0.15) is 5.26 Å². The predicted octanol–water partition coefficient (Wildman–Crippen LogP) is 3.98. The van der Waals surface area contributed by atoms with Gasteiger partial charge >= 0.3 is 5.97 Å². The van der Waals surface area contributed by atoms with Crippen LogP contribution in [0, 0.1) is 11.3 Å². The van der Waals surface area contributed by atoms with E-state index >= 15 is 0 Å². The number of hydrogen-bond acceptors (Lipinski definition) is 5. The predicted molar refractivity (Wildman–Crippen MR) is 89.4 cm³/mol. The molecule has 5 nitrogen and oxygen atoms in total. The van der Waals surface area contributed by atoms with E-state index in [1.807, 2.05) is 6.92 Å². The van der Waals surface area contributed by atoms with Crippen molar-refractivity contribution in [1.82, 2.24) is 0 Å². The Kier molecular flexibility index (Phi) is 6.05. The molecule has 0 atom stereocenters. The van der Waals surface area contributed by atoms with E-state index in [0.717, 1.165) is 0 Å². The van der Waals surface area contributed by atoms with E-state index in [0.29, 0.717) is 29.2 Å². The number of carbonyl (C=O) groups is 1. The van der Waals surface area contributed by atoms with Gasteiger partial charge in [-0.05, 0) is 25.1 Å². The van der Waals surface area contributed by atoms with Crippen LogP contribution < -0.4 is 9.47 Å². The van der Waals surface area contributed by atoms with Gasteiger partial charge in [-0.25, -0.2) is 4.79 Å². The zero-order chi connectivity index (χ0) is 17.5. The van der Waals surface area contributed by atoms with Gasteiger partial charge < -0.3 is 14.2 Å². The fourth-order valence-corrected chi connectivity index (χ4v) is 2.37. The van der Waals surface area contributed by atoms with Crippen LogP contribution in [-0.4, -0.2) is 19.7 Å². The normalized spacial score (nSPS) is 9.92. The van der Waals surface area contributed by atoms with Crippen LogP contribution in [0.25, 0.3) is 0 Å². The minimum atomic E-state index is -0.564. The first-order chi connectivity index (χ1) is 11.6. The molecule has 0 bridgehead atoms. The molecule has 0 N–H and O–H groups in total. The van der Waals surface area contributed by atoms with Crippen LogP contribution in [0.1, 0.15) is 28.4 Å². The van der Waals surface area contributed by atoms with Gasteiger partial charge in [-0.15, -0.1) is 0 Å². The van der Waals surface area contributed by atoms with Crippen LogP contribution in [0.5, 0.6) is 11.5 Å². The van der Waals surface area contributed by atoms with Crippen LogP contribution >= 0.6 is 11.6 Å². The number of nitrogens with zero attached hydrogens (tertiary/aromatic N) is 1. The minimum Gasteiger partial charge on any atom is -0.493 e. The summed E-state index contributed by atoms with van der Waals surface area (Å²) in [7, 11) is 1.46. The molecule has 2 aromatic rings. The standard InChI is InChI=1S/C18H16ClNO4/c1-3-23-17-15(19)8-14(9-16(17)22-2)18(21)24-11-13-7-5-4-6-12(13)10-20/h4-9H,3,11H2,1-2H3. The molecule has 124 valence electrons. The molecule has 2 aromatic carbocycles. The smallest absolute Gasteiger partial charge is 0.338 e. The molecule has 0 aliphatic heterocycles. The first-order valence-electron chi connectivity index (χ1n) is 7.26. The Morgan fingerprint density at radius 1 is 1.29 bits per heavy atom. The lowest BCUT2D eigenvalue weighted by molar-refractivity contribution is 0.0472. The van der Waals surface area contributed by atoms with Gasteiger partial charge in [0.05, 0.1) is 35.9 Å². The highest BCUT2D eigenvalue weighted by molar-refractivity contribution is 6.32. The van der Waals surface area contributed by atoms with E-state index < -0.39 is 5.97 Å². The molecular formula is C18H16ClNO4. The number of nitriles is 1. The molecule has 0 saturated heterocycles. The Morgan fingerprint density at radius 2 is 2.04 bits per heavy atom. The Hall–Kier alpha value is -2.71. The zero-order valence-electron chi connectivity index (χ0n) is 13.3. The second-order valence-corrected chi connectivity index (χ2v) is 5.17. The van der Waals surface area contributed by atoms with Gasteiger partial charge in [0.1, 0.15) is 6.61 Å². The second kappa shape index (κ2) is 8.23. The van der Waals surface area contributed by atoms with E-state index in [1.165, 1.54) is 19.2 Å². The van der Waals surface area contributed by atoms with Crippen molar-refractivity contribution in [3.63, 3.8) is 0 Å². The summed E-state index contributed by atoms with van der Waals surface area (Å²) >= 11 is 6.15. The second-order valence-electron chi connectivity index (χ2n) is 4.77. The number of benzene rings is 2. The molecule has 6 heteroatoms. The van der Waals surface area contributed by atoms with Gasteiger partial charge in [0.15, 0.2) is 11.5 Å². The first-order valence-corrected chi connectivity index (χ1v) is 7.64. The van der Waals surface area contributed by atoms with Crippen molar-refractivity contribution in [2.75, 3.05) is 13.7 Å². The molecule has 0 heterocycles. The highest BCUT2D eigenvalue weighted by Crippen LogP contribution is 2.36. The van der Waals surface area contributed by atoms with Crippen LogP contribution in [0.2, 0.25) is 5.02 Å². The van der Waals surface area contributed by atoms with Crippen molar-refractivity contribution in [2.45, 2.75) is 13.5 Å². The quantitative estimate of drug-likeness (QED) is 0.741. The third-order valence-corrected chi connectivity index (χ3v) is 3.53. The highest BCUT2D eigenvalue weighted by atomic mass is 35.5. The minimum absolute atomic E-state index is 0.00425. The molecule has 0 saturated carbocycles. The summed E-state index contributed by atoms with van der Waals surface area (Å²) in [5, 5.41) is 9.31. The fourth-order valence-electron chi connectivity index (χ4n) is 2.10. The number of ether oxygens (including phenoxy) is 3. The van der Waals surface area contributed by atoms with Crippen molar-refractivity contribution < 1.29 is 19.0 Å². The third-order valence-electron chi connectivity index (χ3n) is 3.25. The van der Waals surface area contributed by atoms with E-state index in [4.69, 9.17) is 31.1 Å². The lowest BCUT2D eigenvalue weighted by Crippen LogP contribution is -2.07. The number of halogens is 1. The van der Waals surface area contributed by atoms with E-state index in [2.05, 4.69) is 6.07 Å². The lowest BCUT2D eigenvalue weighted by atomic mass is 10.1. The van der Waals surface area contributed by atoms with Gasteiger partial charge in [-0.1, -0.05) is 29.8 Å². The van der Waals surface area contributed by atoms with Gasteiger partial charge in [0, 0.05) is 5.56 Å². The van der Waals surface area contributed by atoms with E-state index in [9.17, 15) is 4.79 Å². The molecule has 0 amide bonds. The summed E-state index contributed by atoms with van der Waals surface area (Å²) < 4.78 is 15.9.